The van der Waals surface area contributed by atoms with Gasteiger partial charge in [-0.15, -0.1) is 0 Å². The van der Waals surface area contributed by atoms with Crippen LogP contribution in [-0.4, -0.2) is 10.1 Å². The molecule has 0 saturated carbocycles. The molecule has 0 aliphatic heterocycles. The zero-order valence-electron chi connectivity index (χ0n) is 11.5. The maximum atomic E-state index is 13.1. The number of halogens is 1. The SMILES string of the molecule is CC(Nc1cccc2ccncc12)c1ccc(F)cc1O. The highest BCUT2D eigenvalue weighted by atomic mass is 19.1. The number of pyridine rings is 1. The van der Waals surface area contributed by atoms with E-state index >= 15 is 0 Å². The summed E-state index contributed by atoms with van der Waals surface area (Å²) in [7, 11) is 0. The number of nitrogens with zero attached hydrogens (tertiary/aromatic N) is 1. The minimum atomic E-state index is -0.446. The molecule has 106 valence electrons. The highest BCUT2D eigenvalue weighted by molar-refractivity contribution is 5.93. The molecule has 0 aliphatic rings. The van der Waals surface area contributed by atoms with Crippen molar-refractivity contribution in [3.63, 3.8) is 0 Å². The summed E-state index contributed by atoms with van der Waals surface area (Å²) in [4.78, 5) is 4.14. The molecule has 0 amide bonds. The van der Waals surface area contributed by atoms with Crippen LogP contribution in [0, 0.1) is 5.82 Å². The minimum Gasteiger partial charge on any atom is -0.507 e. The van der Waals surface area contributed by atoms with Crippen LogP contribution >= 0.6 is 0 Å². The Morgan fingerprint density at radius 2 is 2.05 bits per heavy atom. The quantitative estimate of drug-likeness (QED) is 0.754. The van der Waals surface area contributed by atoms with Gasteiger partial charge in [0.15, 0.2) is 0 Å². The number of hydrogen-bond donors (Lipinski definition) is 2. The van der Waals surface area contributed by atoms with E-state index < -0.39 is 5.82 Å². The van der Waals surface area contributed by atoms with E-state index in [-0.39, 0.29) is 11.8 Å². The van der Waals surface area contributed by atoms with Gasteiger partial charge in [0.25, 0.3) is 0 Å². The number of aromatic nitrogens is 1. The first-order valence-electron chi connectivity index (χ1n) is 6.73. The van der Waals surface area contributed by atoms with Crippen molar-refractivity contribution in [3.8, 4) is 5.75 Å². The van der Waals surface area contributed by atoms with Crippen molar-refractivity contribution in [1.29, 1.82) is 0 Å². The van der Waals surface area contributed by atoms with Crippen LogP contribution in [-0.2, 0) is 0 Å². The van der Waals surface area contributed by atoms with Crippen LogP contribution < -0.4 is 5.32 Å². The molecule has 2 aromatic carbocycles. The molecule has 0 bridgehead atoms. The number of nitrogens with one attached hydrogen (secondary N) is 1. The molecule has 3 rings (SSSR count). The molecule has 4 heteroatoms. The second-order valence-electron chi connectivity index (χ2n) is 4.97. The van der Waals surface area contributed by atoms with Crippen LogP contribution in [0.2, 0.25) is 0 Å². The average Bonchev–Trinajstić information content (AvgIpc) is 2.47. The molecule has 0 saturated heterocycles. The smallest absolute Gasteiger partial charge is 0.126 e. The Bertz CT molecular complexity index is 783. The maximum Gasteiger partial charge on any atom is 0.126 e. The van der Waals surface area contributed by atoms with Crippen molar-refractivity contribution < 1.29 is 9.50 Å². The first-order valence-corrected chi connectivity index (χ1v) is 6.73. The summed E-state index contributed by atoms with van der Waals surface area (Å²) < 4.78 is 13.1. The van der Waals surface area contributed by atoms with E-state index in [4.69, 9.17) is 0 Å². The van der Waals surface area contributed by atoms with Crippen LogP contribution in [0.25, 0.3) is 10.8 Å². The summed E-state index contributed by atoms with van der Waals surface area (Å²) >= 11 is 0. The number of hydrogen-bond acceptors (Lipinski definition) is 3. The van der Waals surface area contributed by atoms with Gasteiger partial charge in [0.05, 0.1) is 6.04 Å². The Hall–Kier alpha value is -2.62. The molecule has 21 heavy (non-hydrogen) atoms. The number of fused-ring (bicyclic) bond motifs is 1. The predicted molar refractivity (Wildman–Crippen MR) is 81.8 cm³/mol. The van der Waals surface area contributed by atoms with Crippen molar-refractivity contribution in [2.75, 3.05) is 5.32 Å². The zero-order valence-corrected chi connectivity index (χ0v) is 11.5. The molecule has 1 unspecified atom stereocenters. The van der Waals surface area contributed by atoms with E-state index in [1.54, 1.807) is 18.5 Å². The fraction of sp³-hybridized carbons (Fsp3) is 0.118. The fourth-order valence-corrected chi connectivity index (χ4v) is 2.43. The number of anilines is 1. The molecule has 0 aliphatic carbocycles. The lowest BCUT2D eigenvalue weighted by atomic mass is 10.1. The van der Waals surface area contributed by atoms with E-state index in [2.05, 4.69) is 10.3 Å². The molecule has 0 radical (unpaired) electrons. The van der Waals surface area contributed by atoms with Gasteiger partial charge in [-0.3, -0.25) is 4.98 Å². The maximum absolute atomic E-state index is 13.1. The molecule has 1 heterocycles. The third kappa shape index (κ3) is 2.65. The van der Waals surface area contributed by atoms with E-state index in [0.29, 0.717) is 5.56 Å². The van der Waals surface area contributed by atoms with Gasteiger partial charge < -0.3 is 10.4 Å². The number of phenolic OH excluding ortho intramolecular Hbond substituents is 1. The average molecular weight is 282 g/mol. The first-order chi connectivity index (χ1) is 10.1. The molecular weight excluding hydrogens is 267 g/mol. The van der Waals surface area contributed by atoms with Gasteiger partial charge in [-0.1, -0.05) is 18.2 Å². The van der Waals surface area contributed by atoms with Crippen LogP contribution in [0.5, 0.6) is 5.75 Å². The zero-order chi connectivity index (χ0) is 14.8. The number of rotatable bonds is 3. The number of phenols is 1. The van der Waals surface area contributed by atoms with Gasteiger partial charge in [0.1, 0.15) is 11.6 Å². The standard InChI is InChI=1S/C17H15FN2O/c1-11(14-6-5-13(18)9-17(14)21)20-16-4-2-3-12-7-8-19-10-15(12)16/h2-11,20-21H,1H3. The van der Waals surface area contributed by atoms with Crippen molar-refractivity contribution in [1.82, 2.24) is 4.98 Å². The Morgan fingerprint density at radius 1 is 1.19 bits per heavy atom. The number of aromatic hydroxyl groups is 1. The van der Waals surface area contributed by atoms with Gasteiger partial charge in [-0.25, -0.2) is 4.39 Å². The van der Waals surface area contributed by atoms with Crippen LogP contribution in [0.3, 0.4) is 0 Å². The lowest BCUT2D eigenvalue weighted by Crippen LogP contribution is -2.07. The summed E-state index contributed by atoms with van der Waals surface area (Å²) in [6.45, 7) is 1.92. The molecule has 2 N–H and O–H groups in total. The Morgan fingerprint density at radius 3 is 2.86 bits per heavy atom. The highest BCUT2D eigenvalue weighted by Gasteiger charge is 2.12. The predicted octanol–water partition coefficient (Wildman–Crippen LogP) is 4.25. The van der Waals surface area contributed by atoms with Gasteiger partial charge in [0.2, 0.25) is 0 Å². The Balaban J connectivity index is 1.94. The van der Waals surface area contributed by atoms with Crippen LogP contribution in [0.1, 0.15) is 18.5 Å². The minimum absolute atomic E-state index is 0.0478. The van der Waals surface area contributed by atoms with E-state index in [1.807, 2.05) is 31.2 Å². The van der Waals surface area contributed by atoms with E-state index in [9.17, 15) is 9.50 Å². The summed E-state index contributed by atoms with van der Waals surface area (Å²) in [5.41, 5.74) is 1.58. The van der Waals surface area contributed by atoms with Gasteiger partial charge >= 0.3 is 0 Å². The van der Waals surface area contributed by atoms with Gasteiger partial charge in [-0.2, -0.15) is 0 Å². The van der Waals surface area contributed by atoms with E-state index in [1.165, 1.54) is 6.07 Å². The molecule has 1 atom stereocenters. The topological polar surface area (TPSA) is 45.2 Å². The monoisotopic (exact) mass is 282 g/mol. The van der Waals surface area contributed by atoms with Crippen molar-refractivity contribution >= 4 is 16.5 Å². The third-order valence-corrected chi connectivity index (χ3v) is 3.51. The number of benzene rings is 2. The van der Waals surface area contributed by atoms with Crippen LogP contribution in [0.4, 0.5) is 10.1 Å². The normalized spacial score (nSPS) is 12.3. The lowest BCUT2D eigenvalue weighted by molar-refractivity contribution is 0.459. The molecule has 3 aromatic rings. The fourth-order valence-electron chi connectivity index (χ4n) is 2.43. The Kier molecular flexibility index (Phi) is 3.44. The van der Waals surface area contributed by atoms with Gasteiger partial charge in [-0.05, 0) is 30.5 Å². The van der Waals surface area contributed by atoms with Gasteiger partial charge in [0, 0.05) is 35.1 Å². The Labute approximate surface area is 122 Å². The summed E-state index contributed by atoms with van der Waals surface area (Å²) in [5, 5.41) is 15.3. The van der Waals surface area contributed by atoms with Crippen molar-refractivity contribution in [2.45, 2.75) is 13.0 Å². The second-order valence-corrected chi connectivity index (χ2v) is 4.97. The van der Waals surface area contributed by atoms with Crippen molar-refractivity contribution in [2.24, 2.45) is 0 Å². The van der Waals surface area contributed by atoms with E-state index in [0.717, 1.165) is 22.5 Å². The molecule has 1 aromatic heterocycles. The molecule has 0 fully saturated rings. The third-order valence-electron chi connectivity index (χ3n) is 3.51. The molecular formula is C17H15FN2O. The largest absolute Gasteiger partial charge is 0.507 e. The van der Waals surface area contributed by atoms with Crippen LogP contribution in [0.15, 0.2) is 54.9 Å². The highest BCUT2D eigenvalue weighted by Crippen LogP contribution is 2.30. The second kappa shape index (κ2) is 5.40. The summed E-state index contributed by atoms with van der Waals surface area (Å²) in [5.74, 6) is -0.494. The summed E-state index contributed by atoms with van der Waals surface area (Å²) in [6, 6.07) is 11.8. The molecule has 0 spiro atoms. The first kappa shape index (κ1) is 13.4. The summed E-state index contributed by atoms with van der Waals surface area (Å²) in [6.07, 6.45) is 3.55. The molecule has 3 nitrogen and oxygen atoms in total. The van der Waals surface area contributed by atoms with Crippen molar-refractivity contribution in [3.05, 3.63) is 66.2 Å². The lowest BCUT2D eigenvalue weighted by Gasteiger charge is -2.18.